The number of carbonyl (C=O) groups is 1. The molecular weight excluding hydrogens is 252 g/mol. The summed E-state index contributed by atoms with van der Waals surface area (Å²) < 4.78 is 5.42. The van der Waals surface area contributed by atoms with Crippen LogP contribution in [-0.2, 0) is 11.3 Å². The number of nitrogens with zero attached hydrogens (tertiary/aromatic N) is 1. The van der Waals surface area contributed by atoms with Crippen LogP contribution in [0.15, 0.2) is 24.3 Å². The highest BCUT2D eigenvalue weighted by molar-refractivity contribution is 5.94. The molecule has 0 aromatic heterocycles. The Morgan fingerprint density at radius 2 is 2.11 bits per heavy atom. The number of morpholine rings is 1. The van der Waals surface area contributed by atoms with Crippen LogP contribution in [0.3, 0.4) is 0 Å². The molecule has 100 valence electrons. The maximum atomic E-state index is 12.2. The van der Waals surface area contributed by atoms with Crippen molar-refractivity contribution in [1.82, 2.24) is 4.90 Å². The maximum absolute atomic E-state index is 12.2. The zero-order valence-electron chi connectivity index (χ0n) is 10.5. The molecule has 5 heteroatoms. The summed E-state index contributed by atoms with van der Waals surface area (Å²) in [6, 6.07) is 7.48. The summed E-state index contributed by atoms with van der Waals surface area (Å²) in [6.45, 7) is 4.44. The number of carbonyl (C=O) groups excluding carboxylic acids is 1. The van der Waals surface area contributed by atoms with Crippen LogP contribution in [0.25, 0.3) is 0 Å². The number of hydrogen-bond acceptors (Lipinski definition) is 3. The van der Waals surface area contributed by atoms with Gasteiger partial charge >= 0.3 is 0 Å². The zero-order valence-corrected chi connectivity index (χ0v) is 11.3. The van der Waals surface area contributed by atoms with Crippen LogP contribution in [-0.4, -0.2) is 36.6 Å². The molecular formula is C13H19ClN2O2. The SMILES string of the molecule is CC1CN(C(=O)c2ccc(CN)cc2)CCO1.Cl. The quantitative estimate of drug-likeness (QED) is 0.885. The van der Waals surface area contributed by atoms with Gasteiger partial charge in [0.1, 0.15) is 0 Å². The highest BCUT2D eigenvalue weighted by Crippen LogP contribution is 2.11. The Morgan fingerprint density at radius 3 is 2.67 bits per heavy atom. The normalized spacial score (nSPS) is 19.2. The molecule has 1 aromatic rings. The van der Waals surface area contributed by atoms with Crippen LogP contribution in [0, 0.1) is 0 Å². The van der Waals surface area contributed by atoms with Gasteiger partial charge in [0.05, 0.1) is 12.7 Å². The van der Waals surface area contributed by atoms with Crippen molar-refractivity contribution in [3.8, 4) is 0 Å². The number of rotatable bonds is 2. The second-order valence-corrected chi connectivity index (χ2v) is 4.33. The Bertz CT molecular complexity index is 394. The van der Waals surface area contributed by atoms with Gasteiger partial charge in [0, 0.05) is 25.2 Å². The van der Waals surface area contributed by atoms with Crippen LogP contribution < -0.4 is 5.73 Å². The summed E-state index contributed by atoms with van der Waals surface area (Å²) in [5.74, 6) is 0.0729. The molecule has 1 unspecified atom stereocenters. The van der Waals surface area contributed by atoms with Gasteiger partial charge < -0.3 is 15.4 Å². The molecule has 1 aromatic carbocycles. The van der Waals surface area contributed by atoms with E-state index in [1.807, 2.05) is 36.1 Å². The lowest BCUT2D eigenvalue weighted by Crippen LogP contribution is -2.44. The molecule has 0 radical (unpaired) electrons. The first-order valence-corrected chi connectivity index (χ1v) is 5.90. The first-order chi connectivity index (χ1) is 8.20. The fourth-order valence-electron chi connectivity index (χ4n) is 1.97. The Morgan fingerprint density at radius 1 is 1.44 bits per heavy atom. The van der Waals surface area contributed by atoms with E-state index in [1.54, 1.807) is 0 Å². The van der Waals surface area contributed by atoms with Crippen molar-refractivity contribution < 1.29 is 9.53 Å². The molecule has 2 rings (SSSR count). The lowest BCUT2D eigenvalue weighted by Gasteiger charge is -2.31. The zero-order chi connectivity index (χ0) is 12.3. The second kappa shape index (κ2) is 6.73. The van der Waals surface area contributed by atoms with Crippen LogP contribution in [0.4, 0.5) is 0 Å². The highest BCUT2D eigenvalue weighted by Gasteiger charge is 2.22. The minimum Gasteiger partial charge on any atom is -0.375 e. The van der Waals surface area contributed by atoms with Crippen LogP contribution in [0.2, 0.25) is 0 Å². The maximum Gasteiger partial charge on any atom is 0.254 e. The predicted molar refractivity (Wildman–Crippen MR) is 72.9 cm³/mol. The van der Waals surface area contributed by atoms with E-state index in [9.17, 15) is 4.79 Å². The number of hydrogen-bond donors (Lipinski definition) is 1. The molecule has 4 nitrogen and oxygen atoms in total. The third kappa shape index (κ3) is 3.45. The molecule has 1 fully saturated rings. The average Bonchev–Trinajstić information content (AvgIpc) is 2.38. The number of ether oxygens (including phenoxy) is 1. The summed E-state index contributed by atoms with van der Waals surface area (Å²) >= 11 is 0. The molecule has 1 atom stereocenters. The molecule has 0 bridgehead atoms. The van der Waals surface area contributed by atoms with E-state index < -0.39 is 0 Å². The molecule has 1 amide bonds. The minimum atomic E-state index is 0. The number of nitrogens with two attached hydrogens (primary N) is 1. The average molecular weight is 271 g/mol. The van der Waals surface area contributed by atoms with E-state index in [1.165, 1.54) is 0 Å². The van der Waals surface area contributed by atoms with Gasteiger partial charge in [0.2, 0.25) is 0 Å². The Balaban J connectivity index is 0.00000162. The van der Waals surface area contributed by atoms with E-state index in [0.717, 1.165) is 11.1 Å². The molecule has 0 saturated carbocycles. The third-order valence-electron chi connectivity index (χ3n) is 2.96. The molecule has 0 aliphatic carbocycles. The van der Waals surface area contributed by atoms with Crippen molar-refractivity contribution in [1.29, 1.82) is 0 Å². The van der Waals surface area contributed by atoms with Crippen molar-refractivity contribution in [2.45, 2.75) is 19.6 Å². The summed E-state index contributed by atoms with van der Waals surface area (Å²) in [4.78, 5) is 14.0. The molecule has 1 aliphatic rings. The summed E-state index contributed by atoms with van der Waals surface area (Å²) in [5, 5.41) is 0. The van der Waals surface area contributed by atoms with Gasteiger partial charge in [-0.2, -0.15) is 0 Å². The largest absolute Gasteiger partial charge is 0.375 e. The monoisotopic (exact) mass is 270 g/mol. The van der Waals surface area contributed by atoms with E-state index in [-0.39, 0.29) is 24.4 Å². The minimum absolute atomic E-state index is 0. The predicted octanol–water partition coefficient (Wildman–Crippen LogP) is 1.43. The van der Waals surface area contributed by atoms with Crippen molar-refractivity contribution in [3.63, 3.8) is 0 Å². The van der Waals surface area contributed by atoms with Gasteiger partial charge in [0.25, 0.3) is 5.91 Å². The summed E-state index contributed by atoms with van der Waals surface area (Å²) in [7, 11) is 0. The van der Waals surface area contributed by atoms with Crippen molar-refractivity contribution in [2.75, 3.05) is 19.7 Å². The summed E-state index contributed by atoms with van der Waals surface area (Å²) in [5.41, 5.74) is 7.28. The van der Waals surface area contributed by atoms with Crippen LogP contribution in [0.1, 0.15) is 22.8 Å². The van der Waals surface area contributed by atoms with Gasteiger partial charge in [-0.3, -0.25) is 4.79 Å². The number of amides is 1. The van der Waals surface area contributed by atoms with E-state index in [0.29, 0.717) is 26.2 Å². The van der Waals surface area contributed by atoms with Crippen LogP contribution >= 0.6 is 12.4 Å². The van der Waals surface area contributed by atoms with Gasteiger partial charge in [-0.25, -0.2) is 0 Å². The Hall–Kier alpha value is -1.10. The van der Waals surface area contributed by atoms with E-state index >= 15 is 0 Å². The van der Waals surface area contributed by atoms with Crippen molar-refractivity contribution >= 4 is 18.3 Å². The van der Waals surface area contributed by atoms with Gasteiger partial charge in [-0.15, -0.1) is 12.4 Å². The highest BCUT2D eigenvalue weighted by atomic mass is 35.5. The topological polar surface area (TPSA) is 55.6 Å². The molecule has 18 heavy (non-hydrogen) atoms. The smallest absolute Gasteiger partial charge is 0.254 e. The van der Waals surface area contributed by atoms with Gasteiger partial charge in [-0.05, 0) is 24.6 Å². The molecule has 1 saturated heterocycles. The fourth-order valence-corrected chi connectivity index (χ4v) is 1.97. The van der Waals surface area contributed by atoms with Crippen molar-refractivity contribution in [2.24, 2.45) is 5.73 Å². The Labute approximate surface area is 114 Å². The van der Waals surface area contributed by atoms with Crippen molar-refractivity contribution in [3.05, 3.63) is 35.4 Å². The first-order valence-electron chi connectivity index (χ1n) is 5.90. The van der Waals surface area contributed by atoms with E-state index in [4.69, 9.17) is 10.5 Å². The molecule has 0 spiro atoms. The van der Waals surface area contributed by atoms with Crippen LogP contribution in [0.5, 0.6) is 0 Å². The summed E-state index contributed by atoms with van der Waals surface area (Å²) in [6.07, 6.45) is 0.121. The molecule has 2 N–H and O–H groups in total. The fraction of sp³-hybridized carbons (Fsp3) is 0.462. The lowest BCUT2D eigenvalue weighted by atomic mass is 10.1. The molecule has 1 heterocycles. The van der Waals surface area contributed by atoms with E-state index in [2.05, 4.69) is 0 Å². The number of benzene rings is 1. The second-order valence-electron chi connectivity index (χ2n) is 4.33. The third-order valence-corrected chi connectivity index (χ3v) is 2.96. The standard InChI is InChI=1S/C13H18N2O2.ClH/c1-10-9-15(6-7-17-10)13(16)12-4-2-11(8-14)3-5-12;/h2-5,10H,6-9,14H2,1H3;1H. The van der Waals surface area contributed by atoms with Gasteiger partial charge in [0.15, 0.2) is 0 Å². The Kier molecular flexibility index (Phi) is 5.59. The van der Waals surface area contributed by atoms with Gasteiger partial charge in [-0.1, -0.05) is 12.1 Å². The first kappa shape index (κ1) is 15.0. The molecule has 1 aliphatic heterocycles. The number of halogens is 1. The lowest BCUT2D eigenvalue weighted by molar-refractivity contribution is -0.0124.